The van der Waals surface area contributed by atoms with E-state index in [2.05, 4.69) is 22.6 Å². The van der Waals surface area contributed by atoms with Crippen molar-refractivity contribution in [3.8, 4) is 0 Å². The summed E-state index contributed by atoms with van der Waals surface area (Å²) in [6, 6.07) is 7.35. The Morgan fingerprint density at radius 3 is 2.33 bits per heavy atom. The minimum atomic E-state index is -0.922. The Bertz CT molecular complexity index is 496. The number of hydrogen-bond donors (Lipinski definition) is 2. The summed E-state index contributed by atoms with van der Waals surface area (Å²) in [6.45, 7) is 2.01. The van der Waals surface area contributed by atoms with Crippen LogP contribution in [0.5, 0.6) is 0 Å². The summed E-state index contributed by atoms with van der Waals surface area (Å²) in [7, 11) is 0. The summed E-state index contributed by atoms with van der Waals surface area (Å²) in [5.41, 5.74) is 11.0. The van der Waals surface area contributed by atoms with E-state index in [-0.39, 0.29) is 0 Å². The van der Waals surface area contributed by atoms with E-state index >= 15 is 0 Å². The Morgan fingerprint density at radius 1 is 1.19 bits per heavy atom. The standard InChI is InChI=1S/C14H19IN2O4/c1-2-3-8-11(20-13(16)18)12(21-14(17)19)9-6-4-5-7-10(9)15/h4-7,11-12H,2-3,8H2,1H3,(H2,16,18)(H2,17,19)/t11-,12-/m0/s1. The fourth-order valence-electron chi connectivity index (χ4n) is 2.00. The molecule has 2 amide bonds. The third kappa shape index (κ3) is 5.78. The first kappa shape index (κ1) is 17.5. The maximum Gasteiger partial charge on any atom is 0.405 e. The van der Waals surface area contributed by atoms with Gasteiger partial charge in [0.2, 0.25) is 0 Å². The molecule has 1 rings (SSSR count). The molecule has 6 nitrogen and oxygen atoms in total. The fourth-order valence-corrected chi connectivity index (χ4v) is 2.69. The number of carbonyl (C=O) groups is 2. The number of benzene rings is 1. The van der Waals surface area contributed by atoms with Crippen molar-refractivity contribution in [1.82, 2.24) is 0 Å². The first-order valence-electron chi connectivity index (χ1n) is 6.62. The Balaban J connectivity index is 3.09. The molecule has 1 aromatic carbocycles. The van der Waals surface area contributed by atoms with Gasteiger partial charge in [0.05, 0.1) is 0 Å². The second kappa shape index (κ2) is 8.71. The van der Waals surface area contributed by atoms with Gasteiger partial charge in [-0.25, -0.2) is 9.59 Å². The zero-order valence-electron chi connectivity index (χ0n) is 11.8. The molecule has 2 atom stereocenters. The third-order valence-corrected chi connectivity index (χ3v) is 3.88. The molecule has 0 aliphatic carbocycles. The van der Waals surface area contributed by atoms with Gasteiger partial charge in [-0.15, -0.1) is 0 Å². The molecule has 0 unspecified atom stereocenters. The van der Waals surface area contributed by atoms with Gasteiger partial charge in [-0.05, 0) is 41.5 Å². The smallest absolute Gasteiger partial charge is 0.405 e. The van der Waals surface area contributed by atoms with Crippen LogP contribution >= 0.6 is 22.6 Å². The normalized spacial score (nSPS) is 13.2. The summed E-state index contributed by atoms with van der Waals surface area (Å²) >= 11 is 2.12. The molecule has 116 valence electrons. The van der Waals surface area contributed by atoms with Crippen LogP contribution in [0.25, 0.3) is 0 Å². The molecule has 0 heterocycles. The van der Waals surface area contributed by atoms with Gasteiger partial charge in [-0.2, -0.15) is 0 Å². The molecule has 0 aliphatic heterocycles. The highest BCUT2D eigenvalue weighted by molar-refractivity contribution is 14.1. The Morgan fingerprint density at radius 2 is 1.81 bits per heavy atom. The number of amides is 2. The number of halogens is 1. The summed E-state index contributed by atoms with van der Waals surface area (Å²) in [6.07, 6.45) is -1.01. The van der Waals surface area contributed by atoms with Gasteiger partial charge < -0.3 is 20.9 Å². The van der Waals surface area contributed by atoms with E-state index in [1.807, 2.05) is 25.1 Å². The van der Waals surface area contributed by atoms with E-state index in [4.69, 9.17) is 20.9 Å². The predicted octanol–water partition coefficient (Wildman–Crippen LogP) is 3.08. The number of unbranched alkanes of at least 4 members (excludes halogenated alkanes) is 1. The lowest BCUT2D eigenvalue weighted by Gasteiger charge is -2.26. The zero-order chi connectivity index (χ0) is 15.8. The average molecular weight is 406 g/mol. The van der Waals surface area contributed by atoms with Crippen LogP contribution in [0.2, 0.25) is 0 Å². The molecule has 21 heavy (non-hydrogen) atoms. The van der Waals surface area contributed by atoms with E-state index < -0.39 is 24.4 Å². The lowest BCUT2D eigenvalue weighted by molar-refractivity contribution is -0.0100. The van der Waals surface area contributed by atoms with Gasteiger partial charge in [-0.1, -0.05) is 31.5 Å². The Kier molecular flexibility index (Phi) is 7.27. The second-order valence-electron chi connectivity index (χ2n) is 4.50. The molecule has 0 aromatic heterocycles. The molecule has 0 fully saturated rings. The van der Waals surface area contributed by atoms with Crippen LogP contribution in [0.1, 0.15) is 37.9 Å². The Labute approximate surface area is 137 Å². The predicted molar refractivity (Wildman–Crippen MR) is 86.5 cm³/mol. The first-order valence-corrected chi connectivity index (χ1v) is 7.70. The number of hydrogen-bond acceptors (Lipinski definition) is 4. The number of rotatable bonds is 7. The SMILES string of the molecule is CCCC[C@H](OC(N)=O)[C@@H](OC(N)=O)c1ccccc1I. The van der Waals surface area contributed by atoms with Crippen LogP contribution in [0.15, 0.2) is 24.3 Å². The van der Waals surface area contributed by atoms with Crippen molar-refractivity contribution >= 4 is 34.8 Å². The van der Waals surface area contributed by atoms with E-state index in [1.54, 1.807) is 6.07 Å². The number of carbonyl (C=O) groups excluding carboxylic acids is 2. The van der Waals surface area contributed by atoms with Crippen molar-refractivity contribution in [3.63, 3.8) is 0 Å². The van der Waals surface area contributed by atoms with Gasteiger partial charge in [0, 0.05) is 9.13 Å². The largest absolute Gasteiger partial charge is 0.442 e. The quantitative estimate of drug-likeness (QED) is 0.679. The highest BCUT2D eigenvalue weighted by Crippen LogP contribution is 2.30. The van der Waals surface area contributed by atoms with Crippen molar-refractivity contribution in [2.45, 2.75) is 38.4 Å². The highest BCUT2D eigenvalue weighted by Gasteiger charge is 2.30. The lowest BCUT2D eigenvalue weighted by atomic mass is 10.00. The van der Waals surface area contributed by atoms with Gasteiger partial charge >= 0.3 is 12.2 Å². The van der Waals surface area contributed by atoms with Crippen LogP contribution in [-0.2, 0) is 9.47 Å². The summed E-state index contributed by atoms with van der Waals surface area (Å²) < 4.78 is 11.2. The minimum absolute atomic E-state index is 0.530. The van der Waals surface area contributed by atoms with Crippen LogP contribution in [0, 0.1) is 3.57 Å². The number of ether oxygens (including phenoxy) is 2. The van der Waals surface area contributed by atoms with Gasteiger partial charge in [-0.3, -0.25) is 0 Å². The molecule has 0 saturated heterocycles. The van der Waals surface area contributed by atoms with E-state index in [1.165, 1.54) is 0 Å². The Hall–Kier alpha value is -1.51. The molecule has 7 heteroatoms. The van der Waals surface area contributed by atoms with Gasteiger partial charge in [0.25, 0.3) is 0 Å². The summed E-state index contributed by atoms with van der Waals surface area (Å²) in [5.74, 6) is 0. The molecule has 0 bridgehead atoms. The first-order chi connectivity index (χ1) is 9.95. The average Bonchev–Trinajstić information content (AvgIpc) is 2.41. The van der Waals surface area contributed by atoms with Crippen LogP contribution in [-0.4, -0.2) is 18.3 Å². The molecular weight excluding hydrogens is 387 g/mol. The fraction of sp³-hybridized carbons (Fsp3) is 0.429. The summed E-state index contributed by atoms with van der Waals surface area (Å²) in [4.78, 5) is 22.3. The molecule has 0 aliphatic rings. The number of primary amides is 2. The van der Waals surface area contributed by atoms with Crippen molar-refractivity contribution < 1.29 is 19.1 Å². The zero-order valence-corrected chi connectivity index (χ0v) is 13.9. The van der Waals surface area contributed by atoms with Crippen molar-refractivity contribution in [3.05, 3.63) is 33.4 Å². The monoisotopic (exact) mass is 406 g/mol. The van der Waals surface area contributed by atoms with Gasteiger partial charge in [0.15, 0.2) is 6.10 Å². The third-order valence-electron chi connectivity index (χ3n) is 2.90. The molecule has 0 saturated carbocycles. The molecule has 0 radical (unpaired) electrons. The van der Waals surface area contributed by atoms with Crippen LogP contribution < -0.4 is 11.5 Å². The lowest BCUT2D eigenvalue weighted by Crippen LogP contribution is -2.33. The van der Waals surface area contributed by atoms with Gasteiger partial charge in [0.1, 0.15) is 6.10 Å². The van der Waals surface area contributed by atoms with E-state index in [0.29, 0.717) is 6.42 Å². The van der Waals surface area contributed by atoms with Crippen LogP contribution in [0.3, 0.4) is 0 Å². The van der Waals surface area contributed by atoms with E-state index in [9.17, 15) is 9.59 Å². The maximum atomic E-state index is 11.2. The highest BCUT2D eigenvalue weighted by atomic mass is 127. The molecule has 0 spiro atoms. The van der Waals surface area contributed by atoms with E-state index in [0.717, 1.165) is 22.0 Å². The van der Waals surface area contributed by atoms with Crippen LogP contribution in [0.4, 0.5) is 9.59 Å². The topological polar surface area (TPSA) is 105 Å². The van der Waals surface area contributed by atoms with Crippen molar-refractivity contribution in [1.29, 1.82) is 0 Å². The molecule has 4 N–H and O–H groups in total. The molecular formula is C14H19IN2O4. The van der Waals surface area contributed by atoms with Crippen molar-refractivity contribution in [2.75, 3.05) is 0 Å². The maximum absolute atomic E-state index is 11.2. The summed E-state index contributed by atoms with van der Waals surface area (Å²) in [5, 5.41) is 0. The minimum Gasteiger partial charge on any atom is -0.442 e. The van der Waals surface area contributed by atoms with Crippen molar-refractivity contribution in [2.24, 2.45) is 11.5 Å². The second-order valence-corrected chi connectivity index (χ2v) is 5.66. The molecule has 1 aromatic rings. The number of nitrogens with two attached hydrogens (primary N) is 2.